The predicted octanol–water partition coefficient (Wildman–Crippen LogP) is 5.47. The van der Waals surface area contributed by atoms with E-state index >= 15 is 0 Å². The molecule has 1 aliphatic carbocycles. The summed E-state index contributed by atoms with van der Waals surface area (Å²) in [5.74, 6) is 0.0478. The summed E-state index contributed by atoms with van der Waals surface area (Å²) in [7, 11) is 0. The van der Waals surface area contributed by atoms with Gasteiger partial charge in [0, 0.05) is 28.7 Å². The van der Waals surface area contributed by atoms with E-state index in [1.807, 2.05) is 24.3 Å². The Morgan fingerprint density at radius 2 is 1.66 bits per heavy atom. The third-order valence-corrected chi connectivity index (χ3v) is 5.41. The first-order valence-electron chi connectivity index (χ1n) is 9.44. The summed E-state index contributed by atoms with van der Waals surface area (Å²) < 4.78 is 5.50. The first-order chi connectivity index (χ1) is 14.1. The maximum Gasteiger partial charge on any atom is 0.407 e. The van der Waals surface area contributed by atoms with Crippen LogP contribution in [0.2, 0.25) is 5.02 Å². The lowest BCUT2D eigenvalue weighted by atomic mass is 9.98. The number of carbonyl (C=O) groups is 1. The normalized spacial score (nSPS) is 12.6. The number of hydrogen-bond acceptors (Lipinski definition) is 3. The number of nitrogens with one attached hydrogen (secondary N) is 1. The third kappa shape index (κ3) is 3.98. The van der Waals surface area contributed by atoms with Crippen LogP contribution in [0.3, 0.4) is 0 Å². The summed E-state index contributed by atoms with van der Waals surface area (Å²) in [5.41, 5.74) is 12.0. The van der Waals surface area contributed by atoms with Gasteiger partial charge < -0.3 is 15.8 Å². The summed E-state index contributed by atoms with van der Waals surface area (Å²) in [6.07, 6.45) is 3.13. The van der Waals surface area contributed by atoms with E-state index < -0.39 is 6.09 Å². The van der Waals surface area contributed by atoms with Gasteiger partial charge >= 0.3 is 6.09 Å². The van der Waals surface area contributed by atoms with Crippen molar-refractivity contribution in [1.29, 1.82) is 0 Å². The number of nitrogen functional groups attached to an aromatic ring is 1. The summed E-state index contributed by atoms with van der Waals surface area (Å²) in [4.78, 5) is 12.2. The molecule has 0 radical (unpaired) electrons. The lowest BCUT2D eigenvalue weighted by molar-refractivity contribution is 0.144. The van der Waals surface area contributed by atoms with Crippen molar-refractivity contribution in [2.24, 2.45) is 0 Å². The number of benzene rings is 3. The second-order valence-corrected chi connectivity index (χ2v) is 7.26. The van der Waals surface area contributed by atoms with Crippen molar-refractivity contribution in [3.63, 3.8) is 0 Å². The van der Waals surface area contributed by atoms with E-state index in [0.717, 1.165) is 5.56 Å². The second kappa shape index (κ2) is 8.41. The highest BCUT2D eigenvalue weighted by molar-refractivity contribution is 6.32. The number of alkyl carbamates (subject to hydrolysis) is 1. The topological polar surface area (TPSA) is 64.3 Å². The Bertz CT molecular complexity index is 1010. The number of anilines is 1. The van der Waals surface area contributed by atoms with Crippen LogP contribution in [0.1, 0.15) is 22.6 Å². The molecule has 3 N–H and O–H groups in total. The van der Waals surface area contributed by atoms with E-state index in [4.69, 9.17) is 22.1 Å². The molecule has 3 aromatic carbocycles. The van der Waals surface area contributed by atoms with Gasteiger partial charge in [0.15, 0.2) is 0 Å². The number of nitrogens with two attached hydrogens (primary N) is 1. The molecule has 146 valence electrons. The highest BCUT2D eigenvalue weighted by Gasteiger charge is 2.28. The van der Waals surface area contributed by atoms with Gasteiger partial charge in [-0.3, -0.25) is 0 Å². The number of halogens is 1. The monoisotopic (exact) mass is 404 g/mol. The molecule has 3 aromatic rings. The number of carbonyl (C=O) groups excluding carboxylic acids is 1. The Morgan fingerprint density at radius 3 is 2.31 bits per heavy atom. The van der Waals surface area contributed by atoms with Gasteiger partial charge in [0.1, 0.15) is 6.61 Å². The number of hydrogen-bond donors (Lipinski definition) is 2. The maximum atomic E-state index is 12.2. The minimum atomic E-state index is -0.455. The van der Waals surface area contributed by atoms with Crippen LogP contribution in [0.4, 0.5) is 10.5 Å². The summed E-state index contributed by atoms with van der Waals surface area (Å²) in [6.45, 7) is 0.613. The van der Waals surface area contributed by atoms with Gasteiger partial charge in [-0.05, 0) is 34.4 Å². The molecular formula is C24H21ClN2O2. The van der Waals surface area contributed by atoms with Crippen LogP contribution in [0.25, 0.3) is 17.2 Å². The number of rotatable bonds is 5. The van der Waals surface area contributed by atoms with E-state index in [1.54, 1.807) is 30.4 Å². The van der Waals surface area contributed by atoms with Gasteiger partial charge in [-0.1, -0.05) is 78.4 Å². The smallest absolute Gasteiger partial charge is 0.407 e. The summed E-state index contributed by atoms with van der Waals surface area (Å²) in [6, 6.07) is 21.9. The lowest BCUT2D eigenvalue weighted by Crippen LogP contribution is -2.26. The molecule has 0 unspecified atom stereocenters. The molecule has 1 amide bonds. The molecule has 0 spiro atoms. The molecule has 0 aromatic heterocycles. The first-order valence-corrected chi connectivity index (χ1v) is 9.82. The van der Waals surface area contributed by atoms with Crippen molar-refractivity contribution in [3.05, 3.63) is 94.5 Å². The summed E-state index contributed by atoms with van der Waals surface area (Å²) >= 11 is 6.13. The minimum absolute atomic E-state index is 0.0478. The molecule has 0 bridgehead atoms. The highest BCUT2D eigenvalue weighted by atomic mass is 35.5. The zero-order valence-corrected chi connectivity index (χ0v) is 16.5. The molecule has 0 aliphatic heterocycles. The predicted molar refractivity (Wildman–Crippen MR) is 118 cm³/mol. The van der Waals surface area contributed by atoms with Crippen molar-refractivity contribution >= 4 is 29.5 Å². The Labute approximate surface area is 175 Å². The Balaban J connectivity index is 1.35. The van der Waals surface area contributed by atoms with Gasteiger partial charge in [0.25, 0.3) is 0 Å². The Kier molecular flexibility index (Phi) is 5.54. The average Bonchev–Trinajstić information content (AvgIpc) is 3.05. The maximum absolute atomic E-state index is 12.2. The second-order valence-electron chi connectivity index (χ2n) is 6.85. The molecule has 1 aliphatic rings. The van der Waals surface area contributed by atoms with E-state index in [-0.39, 0.29) is 5.92 Å². The van der Waals surface area contributed by atoms with E-state index in [0.29, 0.717) is 23.9 Å². The fraction of sp³-hybridized carbons (Fsp3) is 0.125. The molecular weight excluding hydrogens is 384 g/mol. The van der Waals surface area contributed by atoms with E-state index in [2.05, 4.69) is 29.6 Å². The highest BCUT2D eigenvalue weighted by Crippen LogP contribution is 2.44. The Hall–Kier alpha value is -3.24. The van der Waals surface area contributed by atoms with Crippen LogP contribution in [0.5, 0.6) is 0 Å². The minimum Gasteiger partial charge on any atom is -0.449 e. The molecule has 0 saturated heterocycles. The van der Waals surface area contributed by atoms with Gasteiger partial charge in [-0.2, -0.15) is 0 Å². The molecule has 0 heterocycles. The third-order valence-electron chi connectivity index (χ3n) is 5.08. The molecule has 0 saturated carbocycles. The lowest BCUT2D eigenvalue weighted by Gasteiger charge is -2.14. The average molecular weight is 405 g/mol. The fourth-order valence-corrected chi connectivity index (χ4v) is 3.94. The van der Waals surface area contributed by atoms with Crippen LogP contribution >= 0.6 is 11.6 Å². The van der Waals surface area contributed by atoms with Crippen LogP contribution < -0.4 is 11.1 Å². The largest absolute Gasteiger partial charge is 0.449 e. The fourth-order valence-electron chi connectivity index (χ4n) is 3.70. The van der Waals surface area contributed by atoms with Gasteiger partial charge in [0.2, 0.25) is 0 Å². The van der Waals surface area contributed by atoms with E-state index in [9.17, 15) is 4.79 Å². The van der Waals surface area contributed by atoms with Crippen LogP contribution in [-0.2, 0) is 4.74 Å². The SMILES string of the molecule is Nc1cccc(Cl)c1C=CCNC(=O)OCC1c2ccccc2-c2ccccc21. The van der Waals surface area contributed by atoms with Gasteiger partial charge in [-0.15, -0.1) is 0 Å². The zero-order valence-electron chi connectivity index (χ0n) is 15.8. The zero-order chi connectivity index (χ0) is 20.2. The van der Waals surface area contributed by atoms with Crippen molar-refractivity contribution in [2.75, 3.05) is 18.9 Å². The van der Waals surface area contributed by atoms with Crippen molar-refractivity contribution < 1.29 is 9.53 Å². The molecule has 29 heavy (non-hydrogen) atoms. The number of fused-ring (bicyclic) bond motifs is 3. The van der Waals surface area contributed by atoms with Gasteiger partial charge in [-0.25, -0.2) is 4.79 Å². The standard InChI is InChI=1S/C24H21ClN2O2/c25-22-12-5-13-23(26)20(22)11-6-14-27-24(28)29-15-21-18-9-3-1-7-16(18)17-8-2-4-10-19(17)21/h1-13,21H,14-15,26H2,(H,27,28). The van der Waals surface area contributed by atoms with Crippen LogP contribution in [-0.4, -0.2) is 19.2 Å². The quantitative estimate of drug-likeness (QED) is 0.554. The molecule has 4 rings (SSSR count). The van der Waals surface area contributed by atoms with Gasteiger partial charge in [0.05, 0.1) is 0 Å². The number of ether oxygens (including phenoxy) is 1. The van der Waals surface area contributed by atoms with E-state index in [1.165, 1.54) is 22.3 Å². The van der Waals surface area contributed by atoms with Crippen molar-refractivity contribution in [1.82, 2.24) is 5.32 Å². The number of amides is 1. The molecule has 0 atom stereocenters. The molecule has 5 heteroatoms. The summed E-state index contributed by atoms with van der Waals surface area (Å²) in [5, 5.41) is 3.30. The first kappa shape index (κ1) is 19.1. The van der Waals surface area contributed by atoms with Crippen molar-refractivity contribution in [2.45, 2.75) is 5.92 Å². The molecule has 4 nitrogen and oxygen atoms in total. The van der Waals surface area contributed by atoms with Crippen molar-refractivity contribution in [3.8, 4) is 11.1 Å². The van der Waals surface area contributed by atoms with Crippen LogP contribution in [0.15, 0.2) is 72.8 Å². The molecule has 0 fully saturated rings. The Morgan fingerprint density at radius 1 is 1.00 bits per heavy atom. The van der Waals surface area contributed by atoms with Crippen LogP contribution in [0, 0.1) is 0 Å².